The zero-order valence-corrected chi connectivity index (χ0v) is 12.2. The average molecular weight is 316 g/mol. The maximum absolute atomic E-state index is 11.3. The zero-order valence-electron chi connectivity index (χ0n) is 10.7. The number of hydrogen-bond acceptors (Lipinski definition) is 4. The molecular weight excluding hydrogens is 302 g/mol. The SMILES string of the molecule is O=C(O)c1cc([N+](=O)[O-])cc(Cl)c1SCC1CCCC1. The molecule has 20 heavy (non-hydrogen) atoms. The minimum absolute atomic E-state index is 0.0906. The largest absolute Gasteiger partial charge is 0.478 e. The molecule has 1 aromatic rings. The van der Waals surface area contributed by atoms with Gasteiger partial charge in [-0.1, -0.05) is 24.4 Å². The molecule has 1 aliphatic rings. The molecule has 1 saturated carbocycles. The molecule has 1 fully saturated rings. The molecular formula is C13H14ClNO4S. The van der Waals surface area contributed by atoms with Crippen LogP contribution in [0.1, 0.15) is 36.0 Å². The number of carboxylic acids is 1. The van der Waals surface area contributed by atoms with Gasteiger partial charge in [0.1, 0.15) is 0 Å². The molecule has 0 heterocycles. The minimum Gasteiger partial charge on any atom is -0.478 e. The molecule has 1 N–H and O–H groups in total. The fraction of sp³-hybridized carbons (Fsp3) is 0.462. The molecule has 7 heteroatoms. The Labute approximate surface area is 125 Å². The van der Waals surface area contributed by atoms with Crippen molar-refractivity contribution in [2.75, 3.05) is 5.75 Å². The summed E-state index contributed by atoms with van der Waals surface area (Å²) in [6, 6.07) is 2.29. The van der Waals surface area contributed by atoms with Crippen LogP contribution in [0.4, 0.5) is 5.69 Å². The van der Waals surface area contributed by atoms with Gasteiger partial charge in [-0.05, 0) is 18.8 Å². The molecule has 0 saturated heterocycles. The number of nitro benzene ring substituents is 1. The molecule has 108 valence electrons. The van der Waals surface area contributed by atoms with E-state index in [2.05, 4.69) is 0 Å². The van der Waals surface area contributed by atoms with Crippen molar-refractivity contribution in [3.63, 3.8) is 0 Å². The Hall–Kier alpha value is -1.27. The number of rotatable bonds is 5. The van der Waals surface area contributed by atoms with Crippen LogP contribution in [-0.4, -0.2) is 21.8 Å². The van der Waals surface area contributed by atoms with Crippen molar-refractivity contribution in [3.8, 4) is 0 Å². The van der Waals surface area contributed by atoms with E-state index in [9.17, 15) is 20.0 Å². The average Bonchev–Trinajstić information content (AvgIpc) is 2.89. The number of hydrogen-bond donors (Lipinski definition) is 1. The van der Waals surface area contributed by atoms with Crippen LogP contribution < -0.4 is 0 Å². The summed E-state index contributed by atoms with van der Waals surface area (Å²) in [5, 5.41) is 20.1. The van der Waals surface area contributed by atoms with Crippen molar-refractivity contribution >= 4 is 35.0 Å². The maximum Gasteiger partial charge on any atom is 0.337 e. The van der Waals surface area contributed by atoms with Crippen LogP contribution in [0.3, 0.4) is 0 Å². The van der Waals surface area contributed by atoms with E-state index in [1.165, 1.54) is 30.7 Å². The molecule has 1 aliphatic carbocycles. The molecule has 0 amide bonds. The van der Waals surface area contributed by atoms with Crippen molar-refractivity contribution in [1.29, 1.82) is 0 Å². The van der Waals surface area contributed by atoms with Gasteiger partial charge in [-0.15, -0.1) is 11.8 Å². The lowest BCUT2D eigenvalue weighted by Gasteiger charge is -2.11. The molecule has 0 spiro atoms. The molecule has 0 aliphatic heterocycles. The number of thioether (sulfide) groups is 1. The van der Waals surface area contributed by atoms with Crippen LogP contribution in [-0.2, 0) is 0 Å². The zero-order chi connectivity index (χ0) is 14.7. The normalized spacial score (nSPS) is 15.4. The lowest BCUT2D eigenvalue weighted by Crippen LogP contribution is -2.04. The third-order valence-corrected chi connectivity index (χ3v) is 5.18. The van der Waals surface area contributed by atoms with Gasteiger partial charge in [0.15, 0.2) is 0 Å². The van der Waals surface area contributed by atoms with Gasteiger partial charge in [-0.2, -0.15) is 0 Å². The highest BCUT2D eigenvalue weighted by Crippen LogP contribution is 2.38. The Bertz CT molecular complexity index is 543. The van der Waals surface area contributed by atoms with Crippen LogP contribution in [0.25, 0.3) is 0 Å². The second kappa shape index (κ2) is 6.45. The molecule has 5 nitrogen and oxygen atoms in total. The third-order valence-electron chi connectivity index (χ3n) is 3.41. The van der Waals surface area contributed by atoms with Gasteiger partial charge in [0, 0.05) is 22.8 Å². The van der Waals surface area contributed by atoms with Gasteiger partial charge < -0.3 is 5.11 Å². The number of aromatic carboxylic acids is 1. The van der Waals surface area contributed by atoms with E-state index < -0.39 is 10.9 Å². The van der Waals surface area contributed by atoms with Crippen molar-refractivity contribution in [2.24, 2.45) is 5.92 Å². The first-order valence-corrected chi connectivity index (χ1v) is 7.69. The lowest BCUT2D eigenvalue weighted by molar-refractivity contribution is -0.384. The predicted octanol–water partition coefficient (Wildman–Crippen LogP) is 4.23. The Kier molecular flexibility index (Phi) is 4.88. The third kappa shape index (κ3) is 3.43. The quantitative estimate of drug-likeness (QED) is 0.499. The fourth-order valence-electron chi connectivity index (χ4n) is 2.37. The lowest BCUT2D eigenvalue weighted by atomic mass is 10.1. The summed E-state index contributed by atoms with van der Waals surface area (Å²) in [7, 11) is 0. The van der Waals surface area contributed by atoms with Crippen molar-refractivity contribution in [3.05, 3.63) is 32.8 Å². The standard InChI is InChI=1S/C13H14ClNO4S/c14-11-6-9(15(18)19)5-10(13(16)17)12(11)20-7-8-3-1-2-4-8/h5-6,8H,1-4,7H2,(H,16,17). The van der Waals surface area contributed by atoms with Gasteiger partial charge >= 0.3 is 5.97 Å². The Morgan fingerprint density at radius 3 is 2.65 bits per heavy atom. The van der Waals surface area contributed by atoms with E-state index in [-0.39, 0.29) is 16.3 Å². The highest BCUT2D eigenvalue weighted by molar-refractivity contribution is 7.99. The smallest absolute Gasteiger partial charge is 0.337 e. The first-order chi connectivity index (χ1) is 9.49. The van der Waals surface area contributed by atoms with E-state index in [4.69, 9.17) is 11.6 Å². The first kappa shape index (κ1) is 15.1. The molecule has 1 aromatic carbocycles. The van der Waals surface area contributed by atoms with Gasteiger partial charge in [0.25, 0.3) is 5.69 Å². The van der Waals surface area contributed by atoms with E-state index in [1.54, 1.807) is 0 Å². The Morgan fingerprint density at radius 1 is 1.45 bits per heavy atom. The summed E-state index contributed by atoms with van der Waals surface area (Å²) in [4.78, 5) is 21.8. The van der Waals surface area contributed by atoms with Crippen LogP contribution in [0.15, 0.2) is 17.0 Å². The van der Waals surface area contributed by atoms with Gasteiger partial charge in [0.05, 0.1) is 15.5 Å². The van der Waals surface area contributed by atoms with Crippen molar-refractivity contribution < 1.29 is 14.8 Å². The minimum atomic E-state index is -1.19. The highest BCUT2D eigenvalue weighted by atomic mass is 35.5. The van der Waals surface area contributed by atoms with Gasteiger partial charge in [-0.25, -0.2) is 4.79 Å². The summed E-state index contributed by atoms with van der Waals surface area (Å²) >= 11 is 7.40. The summed E-state index contributed by atoms with van der Waals surface area (Å²) in [5.74, 6) is 0.190. The van der Waals surface area contributed by atoms with E-state index in [0.29, 0.717) is 10.8 Å². The topological polar surface area (TPSA) is 80.4 Å². The number of halogens is 1. The second-order valence-corrected chi connectivity index (χ2v) is 6.27. The Morgan fingerprint density at radius 2 is 2.10 bits per heavy atom. The highest BCUT2D eigenvalue weighted by Gasteiger charge is 2.22. The van der Waals surface area contributed by atoms with E-state index in [1.807, 2.05) is 0 Å². The Balaban J connectivity index is 2.25. The van der Waals surface area contributed by atoms with Crippen molar-refractivity contribution in [1.82, 2.24) is 0 Å². The number of carboxylic acid groups (broad SMARTS) is 1. The van der Waals surface area contributed by atoms with E-state index >= 15 is 0 Å². The van der Waals surface area contributed by atoms with E-state index in [0.717, 1.165) is 24.7 Å². The number of nitrogens with zero attached hydrogens (tertiary/aromatic N) is 1. The van der Waals surface area contributed by atoms with Crippen LogP contribution in [0.2, 0.25) is 5.02 Å². The first-order valence-electron chi connectivity index (χ1n) is 6.33. The van der Waals surface area contributed by atoms with Crippen LogP contribution >= 0.6 is 23.4 Å². The number of non-ortho nitro benzene ring substituents is 1. The van der Waals surface area contributed by atoms with Gasteiger partial charge in [0.2, 0.25) is 0 Å². The molecule has 0 atom stereocenters. The molecule has 0 radical (unpaired) electrons. The van der Waals surface area contributed by atoms with Crippen LogP contribution in [0.5, 0.6) is 0 Å². The summed E-state index contributed by atoms with van der Waals surface area (Å²) in [6.45, 7) is 0. The van der Waals surface area contributed by atoms with Crippen LogP contribution in [0, 0.1) is 16.0 Å². The molecule has 0 unspecified atom stereocenters. The molecule has 2 rings (SSSR count). The monoisotopic (exact) mass is 315 g/mol. The molecule has 0 bridgehead atoms. The summed E-state index contributed by atoms with van der Waals surface area (Å²) < 4.78 is 0. The van der Waals surface area contributed by atoms with Crippen molar-refractivity contribution in [2.45, 2.75) is 30.6 Å². The molecule has 0 aromatic heterocycles. The van der Waals surface area contributed by atoms with Gasteiger partial charge in [-0.3, -0.25) is 10.1 Å². The fourth-order valence-corrected chi connectivity index (χ4v) is 3.98. The predicted molar refractivity (Wildman–Crippen MR) is 77.7 cm³/mol. The second-order valence-electron chi connectivity index (χ2n) is 4.83. The summed E-state index contributed by atoms with van der Waals surface area (Å²) in [6.07, 6.45) is 4.73. The number of nitro groups is 1. The number of benzene rings is 1. The maximum atomic E-state index is 11.3. The number of carbonyl (C=O) groups is 1. The summed E-state index contributed by atoms with van der Waals surface area (Å²) in [5.41, 5.74) is -0.384.